The van der Waals surface area contributed by atoms with Crippen molar-refractivity contribution in [1.82, 2.24) is 5.32 Å². The zero-order valence-corrected chi connectivity index (χ0v) is 16.2. The van der Waals surface area contributed by atoms with E-state index in [0.717, 1.165) is 33.8 Å². The minimum Gasteiger partial charge on any atom is -0.388 e. The Morgan fingerprint density at radius 3 is 2.18 bits per heavy atom. The SMILES string of the molecule is CNc1ccc([C@@H]2N=C(c3ccc(Cl)cc3)N[C@@H]2c2ccc(C=N)cc2)cc1. The summed E-state index contributed by atoms with van der Waals surface area (Å²) >= 11 is 6.04. The zero-order valence-electron chi connectivity index (χ0n) is 15.5. The molecule has 0 amide bonds. The summed E-state index contributed by atoms with van der Waals surface area (Å²) in [6, 6.07) is 24.1. The third-order valence-corrected chi connectivity index (χ3v) is 5.25. The van der Waals surface area contributed by atoms with E-state index in [0.29, 0.717) is 5.02 Å². The van der Waals surface area contributed by atoms with Gasteiger partial charge in [0.25, 0.3) is 0 Å². The first kappa shape index (κ1) is 18.3. The van der Waals surface area contributed by atoms with Gasteiger partial charge in [-0.3, -0.25) is 4.99 Å². The second-order valence-corrected chi connectivity index (χ2v) is 7.17. The highest BCUT2D eigenvalue weighted by molar-refractivity contribution is 6.30. The fraction of sp³-hybridized carbons (Fsp3) is 0.130. The van der Waals surface area contributed by atoms with Crippen molar-refractivity contribution >= 4 is 29.3 Å². The lowest BCUT2D eigenvalue weighted by Gasteiger charge is -2.20. The lowest BCUT2D eigenvalue weighted by Crippen LogP contribution is -2.25. The second kappa shape index (κ2) is 7.87. The minimum absolute atomic E-state index is 0.0193. The van der Waals surface area contributed by atoms with Crippen molar-refractivity contribution in [2.24, 2.45) is 4.99 Å². The van der Waals surface area contributed by atoms with Gasteiger partial charge in [0.15, 0.2) is 0 Å². The van der Waals surface area contributed by atoms with E-state index in [4.69, 9.17) is 22.0 Å². The summed E-state index contributed by atoms with van der Waals surface area (Å²) in [6.07, 6.45) is 1.36. The van der Waals surface area contributed by atoms with Gasteiger partial charge < -0.3 is 16.0 Å². The van der Waals surface area contributed by atoms with E-state index in [1.807, 2.05) is 43.4 Å². The Bertz CT molecular complexity index is 992. The number of amidine groups is 1. The van der Waals surface area contributed by atoms with Crippen molar-refractivity contribution in [3.63, 3.8) is 0 Å². The summed E-state index contributed by atoms with van der Waals surface area (Å²) in [4.78, 5) is 5.01. The first-order valence-electron chi connectivity index (χ1n) is 9.16. The van der Waals surface area contributed by atoms with Crippen LogP contribution in [0.1, 0.15) is 34.3 Å². The maximum absolute atomic E-state index is 7.42. The van der Waals surface area contributed by atoms with E-state index in [1.54, 1.807) is 0 Å². The van der Waals surface area contributed by atoms with Gasteiger partial charge in [-0.1, -0.05) is 48.0 Å². The molecule has 0 saturated carbocycles. The van der Waals surface area contributed by atoms with Crippen LogP contribution < -0.4 is 10.6 Å². The normalized spacial score (nSPS) is 18.3. The average molecular weight is 389 g/mol. The maximum Gasteiger partial charge on any atom is 0.129 e. The van der Waals surface area contributed by atoms with E-state index in [-0.39, 0.29) is 12.1 Å². The van der Waals surface area contributed by atoms with Gasteiger partial charge in [0.05, 0.1) is 6.04 Å². The molecule has 4 rings (SSSR count). The third kappa shape index (κ3) is 3.64. The smallest absolute Gasteiger partial charge is 0.129 e. The Labute approximate surface area is 169 Å². The summed E-state index contributed by atoms with van der Waals surface area (Å²) in [5.74, 6) is 0.862. The van der Waals surface area contributed by atoms with E-state index in [2.05, 4.69) is 47.0 Å². The number of hydrogen-bond donors (Lipinski definition) is 3. The van der Waals surface area contributed by atoms with Crippen LogP contribution in [0.5, 0.6) is 0 Å². The molecular weight excluding hydrogens is 368 g/mol. The molecule has 0 aromatic heterocycles. The van der Waals surface area contributed by atoms with Crippen molar-refractivity contribution in [2.75, 3.05) is 12.4 Å². The summed E-state index contributed by atoms with van der Waals surface area (Å²) in [5, 5.41) is 14.9. The van der Waals surface area contributed by atoms with Gasteiger partial charge >= 0.3 is 0 Å². The Balaban J connectivity index is 1.72. The Hall–Kier alpha value is -3.11. The molecule has 3 aromatic carbocycles. The molecule has 0 bridgehead atoms. The molecule has 0 aliphatic carbocycles. The van der Waals surface area contributed by atoms with Crippen molar-refractivity contribution in [2.45, 2.75) is 12.1 Å². The van der Waals surface area contributed by atoms with E-state index >= 15 is 0 Å². The number of nitrogens with zero attached hydrogens (tertiary/aromatic N) is 1. The molecule has 0 unspecified atom stereocenters. The molecule has 0 fully saturated rings. The lowest BCUT2D eigenvalue weighted by atomic mass is 9.94. The standard InChI is InChI=1S/C23H21ClN4/c1-26-20-12-8-17(9-13-20)22-21(16-4-2-15(14-25)3-5-16)27-23(28-22)18-6-10-19(24)11-7-18/h2-14,21-22,25-26H,1H3,(H,27,28)/t21-,22+/m1/s1. The van der Waals surface area contributed by atoms with Crippen LogP contribution >= 0.6 is 11.6 Å². The van der Waals surface area contributed by atoms with Crippen LogP contribution in [0.4, 0.5) is 5.69 Å². The monoisotopic (exact) mass is 388 g/mol. The number of benzene rings is 3. The molecule has 2 atom stereocenters. The fourth-order valence-corrected chi connectivity index (χ4v) is 3.55. The van der Waals surface area contributed by atoms with E-state index < -0.39 is 0 Å². The van der Waals surface area contributed by atoms with Crippen LogP contribution in [0.2, 0.25) is 5.02 Å². The molecule has 0 saturated heterocycles. The molecule has 3 N–H and O–H groups in total. The van der Waals surface area contributed by atoms with Gasteiger partial charge in [-0.05, 0) is 53.1 Å². The quantitative estimate of drug-likeness (QED) is 0.525. The number of halogens is 1. The van der Waals surface area contributed by atoms with Gasteiger partial charge in [0.2, 0.25) is 0 Å². The molecule has 140 valence electrons. The third-order valence-electron chi connectivity index (χ3n) is 5.00. The van der Waals surface area contributed by atoms with Crippen LogP contribution in [-0.4, -0.2) is 19.1 Å². The Morgan fingerprint density at radius 1 is 0.929 bits per heavy atom. The largest absolute Gasteiger partial charge is 0.388 e. The summed E-state index contributed by atoms with van der Waals surface area (Å²) in [5.41, 5.74) is 5.26. The molecule has 1 aliphatic heterocycles. The predicted molar refractivity (Wildman–Crippen MR) is 117 cm³/mol. The van der Waals surface area contributed by atoms with Crippen LogP contribution in [-0.2, 0) is 0 Å². The number of aliphatic imine (C=N–C) groups is 1. The molecule has 3 aromatic rings. The van der Waals surface area contributed by atoms with Gasteiger partial charge in [0, 0.05) is 29.5 Å². The Kier molecular flexibility index (Phi) is 5.13. The number of nitrogens with one attached hydrogen (secondary N) is 3. The molecular formula is C23H21ClN4. The number of anilines is 1. The summed E-state index contributed by atoms with van der Waals surface area (Å²) in [6.45, 7) is 0. The first-order valence-corrected chi connectivity index (χ1v) is 9.54. The molecule has 1 aliphatic rings. The number of hydrogen-bond acceptors (Lipinski definition) is 4. The van der Waals surface area contributed by atoms with Gasteiger partial charge in [-0.2, -0.15) is 0 Å². The van der Waals surface area contributed by atoms with Crippen LogP contribution in [0.15, 0.2) is 77.8 Å². The van der Waals surface area contributed by atoms with E-state index in [1.165, 1.54) is 6.21 Å². The van der Waals surface area contributed by atoms with Crippen LogP contribution in [0, 0.1) is 5.41 Å². The topological polar surface area (TPSA) is 60.3 Å². The Morgan fingerprint density at radius 2 is 1.57 bits per heavy atom. The average Bonchev–Trinajstić information content (AvgIpc) is 3.20. The molecule has 1 heterocycles. The molecule has 4 nitrogen and oxygen atoms in total. The highest BCUT2D eigenvalue weighted by Crippen LogP contribution is 2.37. The molecule has 0 radical (unpaired) electrons. The summed E-state index contributed by atoms with van der Waals surface area (Å²) in [7, 11) is 1.91. The van der Waals surface area contributed by atoms with Crippen LogP contribution in [0.25, 0.3) is 0 Å². The second-order valence-electron chi connectivity index (χ2n) is 6.73. The maximum atomic E-state index is 7.42. The molecule has 28 heavy (non-hydrogen) atoms. The fourth-order valence-electron chi connectivity index (χ4n) is 3.42. The zero-order chi connectivity index (χ0) is 19.5. The van der Waals surface area contributed by atoms with Crippen molar-refractivity contribution in [1.29, 1.82) is 5.41 Å². The minimum atomic E-state index is -0.0394. The van der Waals surface area contributed by atoms with Gasteiger partial charge in [-0.25, -0.2) is 0 Å². The van der Waals surface area contributed by atoms with Crippen molar-refractivity contribution in [3.05, 3.63) is 100 Å². The van der Waals surface area contributed by atoms with Crippen molar-refractivity contribution < 1.29 is 0 Å². The van der Waals surface area contributed by atoms with E-state index in [9.17, 15) is 0 Å². The highest BCUT2D eigenvalue weighted by atomic mass is 35.5. The molecule has 0 spiro atoms. The van der Waals surface area contributed by atoms with Crippen LogP contribution in [0.3, 0.4) is 0 Å². The molecule has 5 heteroatoms. The van der Waals surface area contributed by atoms with Gasteiger partial charge in [0.1, 0.15) is 11.9 Å². The number of rotatable bonds is 5. The lowest BCUT2D eigenvalue weighted by molar-refractivity contribution is 0.572. The first-order chi connectivity index (χ1) is 13.7. The summed E-state index contributed by atoms with van der Waals surface area (Å²) < 4.78 is 0. The van der Waals surface area contributed by atoms with Gasteiger partial charge in [-0.15, -0.1) is 0 Å². The predicted octanol–water partition coefficient (Wildman–Crippen LogP) is 5.21. The highest BCUT2D eigenvalue weighted by Gasteiger charge is 2.31. The van der Waals surface area contributed by atoms with Crippen molar-refractivity contribution in [3.8, 4) is 0 Å².